The van der Waals surface area contributed by atoms with Crippen LogP contribution < -0.4 is 5.73 Å². The average Bonchev–Trinajstić information content (AvgIpc) is 2.92. The normalized spacial score (nSPS) is 13.0. The van der Waals surface area contributed by atoms with Gasteiger partial charge in [-0.15, -0.1) is 11.3 Å². The van der Waals surface area contributed by atoms with Gasteiger partial charge in [-0.05, 0) is 44.9 Å². The lowest BCUT2D eigenvalue weighted by Crippen LogP contribution is -2.17. The molecule has 110 valence electrons. The van der Waals surface area contributed by atoms with Crippen molar-refractivity contribution in [3.8, 4) is 0 Å². The second-order valence-electron chi connectivity index (χ2n) is 5.59. The fourth-order valence-corrected chi connectivity index (χ4v) is 3.51. The molecule has 0 saturated carbocycles. The van der Waals surface area contributed by atoms with Gasteiger partial charge < -0.3 is 10.3 Å². The molecule has 0 spiro atoms. The van der Waals surface area contributed by atoms with Gasteiger partial charge in [0.15, 0.2) is 0 Å². The van der Waals surface area contributed by atoms with Gasteiger partial charge in [0.1, 0.15) is 10.7 Å². The maximum Gasteiger partial charge on any atom is 0.140 e. The van der Waals surface area contributed by atoms with E-state index in [1.807, 2.05) is 19.2 Å². The second-order valence-corrected chi connectivity index (χ2v) is 6.88. The molecule has 1 unspecified atom stereocenters. The predicted octanol–water partition coefficient (Wildman–Crippen LogP) is 3.05. The maximum atomic E-state index is 5.96. The molecule has 3 heterocycles. The molecular weight excluding hydrogens is 280 g/mol. The van der Waals surface area contributed by atoms with Crippen LogP contribution in [0.4, 0.5) is 0 Å². The smallest absolute Gasteiger partial charge is 0.140 e. The lowest BCUT2D eigenvalue weighted by atomic mass is 10.1. The topological polar surface area (TPSA) is 56.7 Å². The quantitative estimate of drug-likeness (QED) is 0.805. The molecule has 0 fully saturated rings. The zero-order chi connectivity index (χ0) is 15.0. The standard InChI is InChI=1S/C16H20N4S/c1-10(17)7-13-8-20(16-14(13)5-4-6-18-16)9-15-19-11(2)12(3)21-15/h4-6,8,10H,7,9,17H2,1-3H3. The van der Waals surface area contributed by atoms with Crippen LogP contribution in [0.5, 0.6) is 0 Å². The van der Waals surface area contributed by atoms with Gasteiger partial charge in [0.2, 0.25) is 0 Å². The molecule has 3 rings (SSSR count). The van der Waals surface area contributed by atoms with E-state index in [0.29, 0.717) is 0 Å². The number of hydrogen-bond donors (Lipinski definition) is 1. The van der Waals surface area contributed by atoms with Crippen molar-refractivity contribution >= 4 is 22.4 Å². The Balaban J connectivity index is 2.01. The molecule has 1 atom stereocenters. The van der Waals surface area contributed by atoms with Crippen LogP contribution in [0.2, 0.25) is 0 Å². The summed E-state index contributed by atoms with van der Waals surface area (Å²) < 4.78 is 2.19. The highest BCUT2D eigenvalue weighted by Crippen LogP contribution is 2.23. The van der Waals surface area contributed by atoms with E-state index in [4.69, 9.17) is 5.73 Å². The highest BCUT2D eigenvalue weighted by molar-refractivity contribution is 7.11. The van der Waals surface area contributed by atoms with Crippen molar-refractivity contribution in [3.05, 3.63) is 45.7 Å². The Morgan fingerprint density at radius 1 is 1.38 bits per heavy atom. The van der Waals surface area contributed by atoms with E-state index in [-0.39, 0.29) is 6.04 Å². The van der Waals surface area contributed by atoms with E-state index in [2.05, 4.69) is 40.6 Å². The van der Waals surface area contributed by atoms with E-state index < -0.39 is 0 Å². The Hall–Kier alpha value is -1.72. The summed E-state index contributed by atoms with van der Waals surface area (Å²) in [5.74, 6) is 0. The van der Waals surface area contributed by atoms with Gasteiger partial charge in [0.25, 0.3) is 0 Å². The third-order valence-electron chi connectivity index (χ3n) is 3.64. The Morgan fingerprint density at radius 2 is 2.19 bits per heavy atom. The van der Waals surface area contributed by atoms with Crippen LogP contribution in [-0.2, 0) is 13.0 Å². The van der Waals surface area contributed by atoms with Gasteiger partial charge in [-0.3, -0.25) is 0 Å². The Kier molecular flexibility index (Phi) is 3.78. The lowest BCUT2D eigenvalue weighted by Gasteiger charge is -2.02. The van der Waals surface area contributed by atoms with Gasteiger partial charge in [0.05, 0.1) is 12.2 Å². The molecular formula is C16H20N4S. The summed E-state index contributed by atoms with van der Waals surface area (Å²) in [5, 5.41) is 2.32. The van der Waals surface area contributed by atoms with E-state index in [1.54, 1.807) is 11.3 Å². The van der Waals surface area contributed by atoms with Crippen LogP contribution in [0.1, 0.15) is 28.1 Å². The van der Waals surface area contributed by atoms with Crippen molar-refractivity contribution < 1.29 is 0 Å². The number of pyridine rings is 1. The molecule has 2 N–H and O–H groups in total. The summed E-state index contributed by atoms with van der Waals surface area (Å²) >= 11 is 1.76. The van der Waals surface area contributed by atoms with Crippen LogP contribution in [0, 0.1) is 13.8 Å². The molecule has 0 amide bonds. The van der Waals surface area contributed by atoms with E-state index >= 15 is 0 Å². The number of aromatic nitrogens is 3. The van der Waals surface area contributed by atoms with Gasteiger partial charge in [-0.25, -0.2) is 9.97 Å². The summed E-state index contributed by atoms with van der Waals surface area (Å²) in [7, 11) is 0. The molecule has 0 saturated heterocycles. The Morgan fingerprint density at radius 3 is 2.86 bits per heavy atom. The number of aryl methyl sites for hydroxylation is 2. The number of nitrogens with two attached hydrogens (primary N) is 1. The first kappa shape index (κ1) is 14.2. The second kappa shape index (κ2) is 5.58. The monoisotopic (exact) mass is 300 g/mol. The molecule has 0 aliphatic rings. The molecule has 0 aromatic carbocycles. The van der Waals surface area contributed by atoms with Crippen LogP contribution in [0.3, 0.4) is 0 Å². The molecule has 3 aromatic rings. The number of hydrogen-bond acceptors (Lipinski definition) is 4. The van der Waals surface area contributed by atoms with Gasteiger partial charge >= 0.3 is 0 Å². The van der Waals surface area contributed by atoms with Crippen molar-refractivity contribution in [2.75, 3.05) is 0 Å². The molecule has 0 bridgehead atoms. The van der Waals surface area contributed by atoms with Gasteiger partial charge in [-0.2, -0.15) is 0 Å². The summed E-state index contributed by atoms with van der Waals surface area (Å²) in [6, 6.07) is 4.25. The average molecular weight is 300 g/mol. The molecule has 3 aromatic heterocycles. The molecule has 4 nitrogen and oxygen atoms in total. The number of fused-ring (bicyclic) bond motifs is 1. The maximum absolute atomic E-state index is 5.96. The van der Waals surface area contributed by atoms with Gasteiger partial charge in [0, 0.05) is 28.7 Å². The zero-order valence-electron chi connectivity index (χ0n) is 12.6. The van der Waals surface area contributed by atoms with Crippen LogP contribution >= 0.6 is 11.3 Å². The summed E-state index contributed by atoms with van der Waals surface area (Å²) in [6.07, 6.45) is 4.88. The molecule has 5 heteroatoms. The molecule has 0 radical (unpaired) electrons. The Bertz CT molecular complexity index is 750. The third-order valence-corrected chi connectivity index (χ3v) is 4.69. The van der Waals surface area contributed by atoms with Crippen molar-refractivity contribution in [1.82, 2.24) is 14.5 Å². The summed E-state index contributed by atoms with van der Waals surface area (Å²) in [4.78, 5) is 10.4. The van der Waals surface area contributed by atoms with Crippen molar-refractivity contribution in [3.63, 3.8) is 0 Å². The predicted molar refractivity (Wildman–Crippen MR) is 87.8 cm³/mol. The first-order chi connectivity index (χ1) is 10.0. The first-order valence-electron chi connectivity index (χ1n) is 7.16. The fourth-order valence-electron chi connectivity index (χ4n) is 2.58. The number of nitrogens with zero attached hydrogens (tertiary/aromatic N) is 3. The number of thiazole rings is 1. The van der Waals surface area contributed by atoms with Crippen LogP contribution in [0.15, 0.2) is 24.5 Å². The minimum Gasteiger partial charge on any atom is -0.328 e. The van der Waals surface area contributed by atoms with Crippen LogP contribution in [-0.4, -0.2) is 20.6 Å². The summed E-state index contributed by atoms with van der Waals surface area (Å²) in [6.45, 7) is 6.98. The number of rotatable bonds is 4. The molecule has 21 heavy (non-hydrogen) atoms. The molecule has 0 aliphatic heterocycles. The van der Waals surface area contributed by atoms with Crippen LogP contribution in [0.25, 0.3) is 11.0 Å². The largest absolute Gasteiger partial charge is 0.328 e. The first-order valence-corrected chi connectivity index (χ1v) is 7.97. The molecule has 0 aliphatic carbocycles. The van der Waals surface area contributed by atoms with E-state index in [9.17, 15) is 0 Å². The van der Waals surface area contributed by atoms with E-state index in [1.165, 1.54) is 15.8 Å². The highest BCUT2D eigenvalue weighted by Gasteiger charge is 2.12. The minimum absolute atomic E-state index is 0.147. The SMILES string of the molecule is Cc1nc(Cn2cc(CC(C)N)c3cccnc32)sc1C. The fraction of sp³-hybridized carbons (Fsp3) is 0.375. The minimum atomic E-state index is 0.147. The van der Waals surface area contributed by atoms with Crippen molar-refractivity contribution in [2.45, 2.75) is 39.8 Å². The van der Waals surface area contributed by atoms with Crippen molar-refractivity contribution in [2.24, 2.45) is 5.73 Å². The Labute approximate surface area is 128 Å². The third kappa shape index (κ3) is 2.84. The zero-order valence-corrected chi connectivity index (χ0v) is 13.4. The lowest BCUT2D eigenvalue weighted by molar-refractivity contribution is 0.734. The van der Waals surface area contributed by atoms with Crippen molar-refractivity contribution in [1.29, 1.82) is 0 Å². The van der Waals surface area contributed by atoms with E-state index in [0.717, 1.165) is 29.3 Å². The summed E-state index contributed by atoms with van der Waals surface area (Å²) in [5.41, 5.74) is 9.36. The van der Waals surface area contributed by atoms with Gasteiger partial charge in [-0.1, -0.05) is 0 Å². The highest BCUT2D eigenvalue weighted by atomic mass is 32.1.